The molecule has 45 heavy (non-hydrogen) atoms. The monoisotopic (exact) mass is 688 g/mol. The van der Waals surface area contributed by atoms with E-state index < -0.39 is 82.2 Å². The second kappa shape index (κ2) is 11.1. The highest BCUT2D eigenvalue weighted by molar-refractivity contribution is 8.07. The topological polar surface area (TPSA) is 252 Å². The minimum Gasteiger partial charge on any atom is -0.382 e. The van der Waals surface area contributed by atoms with Crippen LogP contribution in [-0.4, -0.2) is 101 Å². The zero-order chi connectivity index (χ0) is 31.8. The van der Waals surface area contributed by atoms with Gasteiger partial charge in [-0.05, 0) is 11.8 Å². The molecule has 0 aliphatic carbocycles. The second-order valence-corrected chi connectivity index (χ2v) is 14.5. The number of aromatic amines is 1. The Kier molecular flexibility index (Phi) is 7.55. The molecule has 0 saturated carbocycles. The van der Waals surface area contributed by atoms with Crippen molar-refractivity contribution in [3.8, 4) is 0 Å². The van der Waals surface area contributed by atoms with Gasteiger partial charge < -0.3 is 39.4 Å². The van der Waals surface area contributed by atoms with Crippen LogP contribution in [0.4, 0.5) is 20.5 Å². The summed E-state index contributed by atoms with van der Waals surface area (Å²) in [7, 11) is 1.19. The number of imidazole rings is 2. The van der Waals surface area contributed by atoms with Gasteiger partial charge in [0.15, 0.2) is 47.4 Å². The first-order valence-electron chi connectivity index (χ1n) is 12.9. The lowest BCUT2D eigenvalue weighted by atomic mass is 10.1. The first-order chi connectivity index (χ1) is 21.3. The van der Waals surface area contributed by atoms with Crippen molar-refractivity contribution >= 4 is 67.7 Å². The van der Waals surface area contributed by atoms with Crippen molar-refractivity contribution in [2.24, 2.45) is 0 Å². The summed E-state index contributed by atoms with van der Waals surface area (Å²) < 4.78 is 80.7. The summed E-state index contributed by atoms with van der Waals surface area (Å²) in [4.78, 5) is 45.3. The van der Waals surface area contributed by atoms with Crippen LogP contribution in [0.1, 0.15) is 12.5 Å². The molecule has 10 atom stereocenters. The fourth-order valence-electron chi connectivity index (χ4n) is 5.27. The summed E-state index contributed by atoms with van der Waals surface area (Å²) in [5, 5.41) is 0. The maximum absolute atomic E-state index is 16.0. The van der Waals surface area contributed by atoms with Gasteiger partial charge in [-0.15, -0.1) is 0 Å². The number of nitrogens with one attached hydrogen (secondary N) is 1. The van der Waals surface area contributed by atoms with E-state index in [1.54, 1.807) is 0 Å². The third kappa shape index (κ3) is 5.45. The van der Waals surface area contributed by atoms with E-state index in [0.29, 0.717) is 0 Å². The van der Waals surface area contributed by atoms with Crippen LogP contribution in [0.25, 0.3) is 22.3 Å². The van der Waals surface area contributed by atoms with Crippen LogP contribution in [0, 0.1) is 0 Å². The van der Waals surface area contributed by atoms with Crippen LogP contribution in [0.3, 0.4) is 0 Å². The van der Waals surface area contributed by atoms with Gasteiger partial charge in [0, 0.05) is 0 Å². The Hall–Kier alpha value is -2.98. The molecule has 7 heterocycles. The number of aromatic nitrogens is 8. The third-order valence-electron chi connectivity index (χ3n) is 7.26. The average Bonchev–Trinajstić information content (AvgIpc) is 3.72. The summed E-state index contributed by atoms with van der Waals surface area (Å²) in [6.07, 6.45) is -9.99. The smallest absolute Gasteiger partial charge is 0.325 e. The van der Waals surface area contributed by atoms with E-state index in [2.05, 4.69) is 29.9 Å². The number of alkyl halides is 2. The molecule has 4 aromatic rings. The average molecular weight is 688 g/mol. The van der Waals surface area contributed by atoms with Crippen LogP contribution in [0.15, 0.2) is 23.8 Å². The summed E-state index contributed by atoms with van der Waals surface area (Å²) in [6, 6.07) is 0. The van der Waals surface area contributed by atoms with E-state index in [0.717, 1.165) is 17.2 Å². The fourth-order valence-corrected chi connectivity index (χ4v) is 7.71. The van der Waals surface area contributed by atoms with Crippen LogP contribution < -0.4 is 17.0 Å². The van der Waals surface area contributed by atoms with Gasteiger partial charge in [-0.2, -0.15) is 4.98 Å². The number of hydrogen-bond donors (Lipinski definition) is 4. The Morgan fingerprint density at radius 2 is 1.56 bits per heavy atom. The standard InChI is InChI=1S/C20H21BF2N10O9P2S/c21-43(35)37-1-6-13(9(23)18(39-6)32-4-28-10-14(24)26-3-27-15(10)32)42-44(36,45)38-2-7-12(41-43)8(22)19(40-7)33-5-29-11-16(33)30-20(25)31-17(11)34/h3-9,12-13,18-19H,1-2H2,(H,36,45)(H2,24,26,27)(H3,25,30,31,34)/t6-,7-,8-,9-,12-,13-,18-,19-,43?,44?/m1/s1. The number of nitrogen functional groups attached to an aromatic ring is 2. The zero-order valence-corrected chi connectivity index (χ0v) is 25.0. The maximum Gasteiger partial charge on any atom is 0.325 e. The molecule has 0 bridgehead atoms. The van der Waals surface area contributed by atoms with E-state index in [1.165, 1.54) is 10.9 Å². The van der Waals surface area contributed by atoms with Gasteiger partial charge in [0.25, 0.3) is 13.0 Å². The molecule has 3 aliphatic heterocycles. The van der Waals surface area contributed by atoms with Crippen molar-refractivity contribution in [3.63, 3.8) is 0 Å². The van der Waals surface area contributed by atoms with E-state index in [-0.39, 0.29) is 34.1 Å². The van der Waals surface area contributed by atoms with Crippen molar-refractivity contribution < 1.29 is 45.8 Å². The molecule has 3 aliphatic rings. The molecular weight excluding hydrogens is 667 g/mol. The molecule has 2 unspecified atom stereocenters. The first-order valence-corrected chi connectivity index (χ1v) is 17.1. The van der Waals surface area contributed by atoms with E-state index in [1.807, 2.05) is 0 Å². The quantitative estimate of drug-likeness (QED) is 0.159. The molecule has 0 spiro atoms. The number of ether oxygens (including phenoxy) is 2. The second-order valence-electron chi connectivity index (χ2n) is 10.1. The summed E-state index contributed by atoms with van der Waals surface area (Å²) in [5.41, 5.74) is 10.8. The van der Waals surface area contributed by atoms with Gasteiger partial charge in [0.2, 0.25) is 13.5 Å². The molecule has 19 nitrogen and oxygen atoms in total. The molecule has 6 N–H and O–H groups in total. The minimum absolute atomic E-state index is 0.0372. The molecular formula is C20H21BF2N10O9P2S. The van der Waals surface area contributed by atoms with E-state index >= 15 is 8.78 Å². The van der Waals surface area contributed by atoms with Crippen molar-refractivity contribution in [2.75, 3.05) is 24.7 Å². The Labute approximate surface area is 255 Å². The molecule has 0 amide bonds. The Bertz CT molecular complexity index is 1950. The SMILES string of the molecule is [B]P1(=O)OC[C@H]2O[C@@H](n3cnc4c(N)ncnc43)[C@H](F)[C@@H]2OP(O)(=S)OC[C@H]2O[C@@H](n3cnc4c(=O)[nH]c(N)nc43)[C@H](F)[C@@H]2O1. The molecule has 4 aromatic heterocycles. The number of anilines is 2. The van der Waals surface area contributed by atoms with Gasteiger partial charge in [0.1, 0.15) is 36.3 Å². The summed E-state index contributed by atoms with van der Waals surface area (Å²) in [6.45, 7) is -5.72. The van der Waals surface area contributed by atoms with Crippen molar-refractivity contribution in [1.29, 1.82) is 0 Å². The van der Waals surface area contributed by atoms with Crippen LogP contribution >= 0.6 is 14.2 Å². The Morgan fingerprint density at radius 3 is 2.24 bits per heavy atom. The fraction of sp³-hybridized carbons (Fsp3) is 0.500. The van der Waals surface area contributed by atoms with Gasteiger partial charge in [-0.25, -0.2) is 28.7 Å². The lowest BCUT2D eigenvalue weighted by Gasteiger charge is -2.29. The Balaban J connectivity index is 1.17. The molecule has 3 saturated heterocycles. The molecule has 3 fully saturated rings. The molecule has 7 rings (SSSR count). The number of halogens is 2. The molecule has 2 radical (unpaired) electrons. The maximum atomic E-state index is 16.0. The Morgan fingerprint density at radius 1 is 0.956 bits per heavy atom. The zero-order valence-electron chi connectivity index (χ0n) is 22.4. The van der Waals surface area contributed by atoms with Gasteiger partial charge in [-0.1, -0.05) is 0 Å². The molecule has 25 heteroatoms. The number of fused-ring (bicyclic) bond motifs is 4. The lowest BCUT2D eigenvalue weighted by Crippen LogP contribution is -2.37. The highest BCUT2D eigenvalue weighted by atomic mass is 32.5. The van der Waals surface area contributed by atoms with Crippen LogP contribution in [-0.2, 0) is 43.9 Å². The first kappa shape index (κ1) is 30.7. The van der Waals surface area contributed by atoms with Crippen LogP contribution in [0.5, 0.6) is 0 Å². The lowest BCUT2D eigenvalue weighted by molar-refractivity contribution is -0.0566. The largest absolute Gasteiger partial charge is 0.382 e. The van der Waals surface area contributed by atoms with Gasteiger partial charge in [-0.3, -0.25) is 28.0 Å². The third-order valence-corrected chi connectivity index (χ3v) is 9.87. The number of nitrogens with two attached hydrogens (primary N) is 2. The molecule has 0 aromatic carbocycles. The van der Waals surface area contributed by atoms with Crippen LogP contribution in [0.2, 0.25) is 0 Å². The number of H-pyrrole nitrogens is 1. The van der Waals surface area contributed by atoms with Crippen molar-refractivity contribution in [2.45, 2.75) is 49.2 Å². The van der Waals surface area contributed by atoms with E-state index in [9.17, 15) is 14.3 Å². The highest BCUT2D eigenvalue weighted by Gasteiger charge is 2.53. The normalized spacial score (nSPS) is 37.7. The highest BCUT2D eigenvalue weighted by Crippen LogP contribution is 2.54. The summed E-state index contributed by atoms with van der Waals surface area (Å²) >= 11 is 5.13. The number of nitrogens with zero attached hydrogens (tertiary/aromatic N) is 7. The van der Waals surface area contributed by atoms with Crippen molar-refractivity contribution in [3.05, 3.63) is 29.3 Å². The van der Waals surface area contributed by atoms with Crippen molar-refractivity contribution in [1.82, 2.24) is 39.0 Å². The summed E-state index contributed by atoms with van der Waals surface area (Å²) in [5.74, 6) is -0.235. The number of rotatable bonds is 2. The van der Waals surface area contributed by atoms with Gasteiger partial charge in [0.05, 0.1) is 25.9 Å². The number of hydrogen-bond acceptors (Lipinski definition) is 16. The minimum atomic E-state index is -4.62. The van der Waals surface area contributed by atoms with Gasteiger partial charge >= 0.3 is 6.72 Å². The van der Waals surface area contributed by atoms with E-state index in [4.69, 9.17) is 58.4 Å². The predicted octanol–water partition coefficient (Wildman–Crippen LogP) is -0.0945. The molecule has 238 valence electrons. The predicted molar refractivity (Wildman–Crippen MR) is 151 cm³/mol.